The topological polar surface area (TPSA) is 60.4 Å². The molecule has 0 unspecified atom stereocenters. The van der Waals surface area contributed by atoms with Gasteiger partial charge in [-0.2, -0.15) is 0 Å². The Morgan fingerprint density at radius 2 is 1.80 bits per heavy atom. The molecule has 0 spiro atoms. The van der Waals surface area contributed by atoms with E-state index in [1.165, 1.54) is 11.8 Å². The summed E-state index contributed by atoms with van der Waals surface area (Å²) in [6.45, 7) is 1.84. The first kappa shape index (κ1) is 18.0. The van der Waals surface area contributed by atoms with Gasteiger partial charge in [-0.05, 0) is 31.0 Å². The molecule has 2 aromatic carbocycles. The van der Waals surface area contributed by atoms with Gasteiger partial charge in [0.1, 0.15) is 6.10 Å². The number of ether oxygens (including phenoxy) is 1. The van der Waals surface area contributed by atoms with Crippen molar-refractivity contribution >= 4 is 27.6 Å². The fourth-order valence-electron chi connectivity index (χ4n) is 2.79. The molecule has 0 aliphatic carbocycles. The number of thioether (sulfide) groups is 1. The van der Waals surface area contributed by atoms with Gasteiger partial charge in [0.05, 0.1) is 17.1 Å². The Labute approximate surface area is 152 Å². The van der Waals surface area contributed by atoms with Gasteiger partial charge in [-0.15, -0.1) is 11.8 Å². The van der Waals surface area contributed by atoms with Gasteiger partial charge in [-0.1, -0.05) is 42.5 Å². The highest BCUT2D eigenvalue weighted by molar-refractivity contribution is 8.02. The summed E-state index contributed by atoms with van der Waals surface area (Å²) < 4.78 is 28.9. The number of sulfone groups is 1. The Kier molecular flexibility index (Phi) is 5.49. The molecule has 1 aliphatic rings. The van der Waals surface area contributed by atoms with Crippen LogP contribution in [0.5, 0.6) is 0 Å². The van der Waals surface area contributed by atoms with Crippen LogP contribution >= 0.6 is 11.8 Å². The van der Waals surface area contributed by atoms with Crippen molar-refractivity contribution in [1.82, 2.24) is 0 Å². The van der Waals surface area contributed by atoms with E-state index in [-0.39, 0.29) is 28.8 Å². The third kappa shape index (κ3) is 4.64. The average molecular weight is 376 g/mol. The van der Waals surface area contributed by atoms with Crippen LogP contribution in [0.4, 0.5) is 0 Å². The molecule has 1 saturated heterocycles. The van der Waals surface area contributed by atoms with Gasteiger partial charge < -0.3 is 4.74 Å². The van der Waals surface area contributed by atoms with Crippen molar-refractivity contribution in [3.63, 3.8) is 0 Å². The molecular weight excluding hydrogens is 356 g/mol. The monoisotopic (exact) mass is 376 g/mol. The maximum absolute atomic E-state index is 12.6. The Hall–Kier alpha value is -1.79. The zero-order valence-corrected chi connectivity index (χ0v) is 15.6. The predicted octanol–water partition coefficient (Wildman–Crippen LogP) is 3.88. The smallest absolute Gasteiger partial charge is 0.339 e. The fourth-order valence-corrected chi connectivity index (χ4v) is 6.40. The van der Waals surface area contributed by atoms with Crippen molar-refractivity contribution in [1.29, 1.82) is 0 Å². The van der Waals surface area contributed by atoms with Gasteiger partial charge in [-0.3, -0.25) is 0 Å². The number of esters is 1. The van der Waals surface area contributed by atoms with Gasteiger partial charge in [0.25, 0.3) is 0 Å². The van der Waals surface area contributed by atoms with Gasteiger partial charge in [0.2, 0.25) is 0 Å². The third-order valence-electron chi connectivity index (χ3n) is 4.14. The van der Waals surface area contributed by atoms with E-state index < -0.39 is 9.84 Å². The molecule has 0 saturated carbocycles. The van der Waals surface area contributed by atoms with Crippen molar-refractivity contribution in [2.24, 2.45) is 0 Å². The SMILES string of the molecule is C[C@@H](OC(=O)c1ccccc1S[C@@H]1CCS(=O)(=O)C1)c1ccccc1. The number of carbonyl (C=O) groups excluding carboxylic acids is 1. The second-order valence-electron chi connectivity index (χ2n) is 6.10. The molecule has 4 nitrogen and oxygen atoms in total. The number of rotatable bonds is 5. The number of hydrogen-bond donors (Lipinski definition) is 0. The lowest BCUT2D eigenvalue weighted by molar-refractivity contribution is 0.0333. The Morgan fingerprint density at radius 3 is 2.48 bits per heavy atom. The molecule has 1 heterocycles. The van der Waals surface area contributed by atoms with E-state index in [4.69, 9.17) is 4.74 Å². The summed E-state index contributed by atoms with van der Waals surface area (Å²) >= 11 is 1.45. The van der Waals surface area contributed by atoms with Crippen LogP contribution in [-0.4, -0.2) is 31.1 Å². The lowest BCUT2D eigenvalue weighted by Gasteiger charge is -2.16. The second kappa shape index (κ2) is 7.62. The minimum atomic E-state index is -2.94. The van der Waals surface area contributed by atoms with Crippen molar-refractivity contribution in [3.8, 4) is 0 Å². The van der Waals surface area contributed by atoms with E-state index in [1.807, 2.05) is 49.4 Å². The highest BCUT2D eigenvalue weighted by atomic mass is 32.2. The van der Waals surface area contributed by atoms with Crippen LogP contribution < -0.4 is 0 Å². The summed E-state index contributed by atoms with van der Waals surface area (Å²) in [4.78, 5) is 13.4. The minimum absolute atomic E-state index is 0.00880. The molecule has 0 radical (unpaired) electrons. The summed E-state index contributed by atoms with van der Waals surface area (Å²) in [6.07, 6.45) is 0.273. The molecule has 0 bridgehead atoms. The zero-order chi connectivity index (χ0) is 17.9. The Bertz CT molecular complexity index is 847. The van der Waals surface area contributed by atoms with Crippen molar-refractivity contribution < 1.29 is 17.9 Å². The van der Waals surface area contributed by atoms with E-state index in [0.29, 0.717) is 12.0 Å². The highest BCUT2D eigenvalue weighted by Gasteiger charge is 2.29. The van der Waals surface area contributed by atoms with Gasteiger partial charge in [0, 0.05) is 10.1 Å². The lowest BCUT2D eigenvalue weighted by Crippen LogP contribution is -2.12. The van der Waals surface area contributed by atoms with Crippen LogP contribution in [0, 0.1) is 0 Å². The van der Waals surface area contributed by atoms with Crippen molar-refractivity contribution in [2.45, 2.75) is 29.6 Å². The van der Waals surface area contributed by atoms with Crippen LogP contribution in [0.25, 0.3) is 0 Å². The maximum atomic E-state index is 12.6. The third-order valence-corrected chi connectivity index (χ3v) is 7.47. The zero-order valence-electron chi connectivity index (χ0n) is 13.9. The molecule has 2 atom stereocenters. The summed E-state index contributed by atoms with van der Waals surface area (Å²) in [6, 6.07) is 16.8. The van der Waals surface area contributed by atoms with Crippen LogP contribution in [0.2, 0.25) is 0 Å². The van der Waals surface area contributed by atoms with E-state index in [9.17, 15) is 13.2 Å². The van der Waals surface area contributed by atoms with Gasteiger partial charge in [0.15, 0.2) is 9.84 Å². The summed E-state index contributed by atoms with van der Waals surface area (Å²) in [5.74, 6) is 0.00404. The summed E-state index contributed by atoms with van der Waals surface area (Å²) in [5.41, 5.74) is 1.42. The molecule has 132 valence electrons. The second-order valence-corrected chi connectivity index (χ2v) is 9.67. The highest BCUT2D eigenvalue weighted by Crippen LogP contribution is 2.33. The predicted molar refractivity (Wildman–Crippen MR) is 99.6 cm³/mol. The lowest BCUT2D eigenvalue weighted by atomic mass is 10.1. The molecule has 1 fully saturated rings. The van der Waals surface area contributed by atoms with E-state index in [1.54, 1.807) is 12.1 Å². The standard InChI is InChI=1S/C19H20O4S2/c1-14(15-7-3-2-4-8-15)23-19(20)17-9-5-6-10-18(17)24-16-11-12-25(21,22)13-16/h2-10,14,16H,11-13H2,1H3/t14-,16-/m1/s1. The van der Waals surface area contributed by atoms with E-state index >= 15 is 0 Å². The van der Waals surface area contributed by atoms with Crippen molar-refractivity contribution in [3.05, 3.63) is 65.7 Å². The Morgan fingerprint density at radius 1 is 1.12 bits per heavy atom. The van der Waals surface area contributed by atoms with Crippen LogP contribution in [0.3, 0.4) is 0 Å². The maximum Gasteiger partial charge on any atom is 0.339 e. The summed E-state index contributed by atoms with van der Waals surface area (Å²) in [5, 5.41) is -0.00880. The quantitative estimate of drug-likeness (QED) is 0.741. The average Bonchev–Trinajstić information content (AvgIpc) is 2.94. The summed E-state index contributed by atoms with van der Waals surface area (Å²) in [7, 11) is -2.94. The molecular formula is C19H20O4S2. The largest absolute Gasteiger partial charge is 0.454 e. The molecule has 1 aliphatic heterocycles. The van der Waals surface area contributed by atoms with Crippen LogP contribution in [0.1, 0.15) is 35.4 Å². The first-order valence-corrected chi connectivity index (χ1v) is 10.9. The molecule has 6 heteroatoms. The normalized spacial score (nSPS) is 20.1. The van der Waals surface area contributed by atoms with Crippen LogP contribution in [-0.2, 0) is 14.6 Å². The molecule has 0 amide bonds. The number of benzene rings is 2. The fraction of sp³-hybridized carbons (Fsp3) is 0.316. The van der Waals surface area contributed by atoms with Crippen molar-refractivity contribution in [2.75, 3.05) is 11.5 Å². The van der Waals surface area contributed by atoms with E-state index in [0.717, 1.165) is 10.5 Å². The first-order chi connectivity index (χ1) is 11.9. The molecule has 0 aromatic heterocycles. The van der Waals surface area contributed by atoms with Crippen LogP contribution in [0.15, 0.2) is 59.5 Å². The Balaban J connectivity index is 1.73. The molecule has 25 heavy (non-hydrogen) atoms. The molecule has 3 rings (SSSR count). The molecule has 2 aromatic rings. The van der Waals surface area contributed by atoms with Gasteiger partial charge in [-0.25, -0.2) is 13.2 Å². The number of carbonyl (C=O) groups is 1. The molecule has 0 N–H and O–H groups in total. The number of hydrogen-bond acceptors (Lipinski definition) is 5. The van der Waals surface area contributed by atoms with Gasteiger partial charge >= 0.3 is 5.97 Å². The minimum Gasteiger partial charge on any atom is -0.454 e. The van der Waals surface area contributed by atoms with E-state index in [2.05, 4.69) is 0 Å². The first-order valence-electron chi connectivity index (χ1n) is 8.17.